The van der Waals surface area contributed by atoms with E-state index in [0.717, 1.165) is 6.26 Å². The molecule has 0 aromatic carbocycles. The minimum atomic E-state index is -3.24. The predicted molar refractivity (Wildman–Crippen MR) is 61.3 cm³/mol. The molecule has 0 amide bonds. The molecule has 14 heavy (non-hydrogen) atoms. The van der Waals surface area contributed by atoms with Crippen LogP contribution in [0.4, 0.5) is 0 Å². The molecule has 86 valence electrons. The summed E-state index contributed by atoms with van der Waals surface area (Å²) in [7, 11) is -6.43. The molecule has 1 atom stereocenters. The fourth-order valence-electron chi connectivity index (χ4n) is 0.840. The maximum atomic E-state index is 11.4. The lowest BCUT2D eigenvalue weighted by Crippen LogP contribution is -2.22. The van der Waals surface area contributed by atoms with Crippen LogP contribution >= 0.6 is 15.9 Å². The molecule has 0 aliphatic carbocycles. The minimum Gasteiger partial charge on any atom is -0.229 e. The van der Waals surface area contributed by atoms with Crippen LogP contribution in [-0.4, -0.2) is 45.7 Å². The molecule has 0 aliphatic heterocycles. The average molecular weight is 307 g/mol. The second kappa shape index (κ2) is 5.46. The first-order valence-corrected chi connectivity index (χ1v) is 9.11. The Morgan fingerprint density at radius 1 is 1.14 bits per heavy atom. The van der Waals surface area contributed by atoms with Gasteiger partial charge in [0, 0.05) is 11.6 Å². The van der Waals surface area contributed by atoms with Gasteiger partial charge in [0.05, 0.1) is 17.3 Å². The maximum Gasteiger partial charge on any atom is 0.151 e. The van der Waals surface area contributed by atoms with E-state index in [2.05, 4.69) is 15.9 Å². The molecule has 0 radical (unpaired) electrons. The quantitative estimate of drug-likeness (QED) is 0.669. The number of hydrogen-bond acceptors (Lipinski definition) is 4. The molecular formula is C7H15BrO4S2. The lowest BCUT2D eigenvalue weighted by Gasteiger charge is -2.07. The molecule has 0 aromatic heterocycles. The second-order valence-corrected chi connectivity index (χ2v) is 8.64. The predicted octanol–water partition coefficient (Wildman–Crippen LogP) is 0.477. The van der Waals surface area contributed by atoms with Gasteiger partial charge in [0.15, 0.2) is 9.84 Å². The van der Waals surface area contributed by atoms with Crippen LogP contribution in [0.15, 0.2) is 0 Å². The third kappa shape index (κ3) is 7.75. The summed E-state index contributed by atoms with van der Waals surface area (Å²) in [6.07, 6.45) is 1.04. The Labute approximate surface area is 94.0 Å². The van der Waals surface area contributed by atoms with Crippen molar-refractivity contribution in [2.45, 2.75) is 6.92 Å². The highest BCUT2D eigenvalue weighted by molar-refractivity contribution is 9.09. The van der Waals surface area contributed by atoms with Crippen molar-refractivity contribution in [1.82, 2.24) is 0 Å². The summed E-state index contributed by atoms with van der Waals surface area (Å²) in [6.45, 7) is 1.80. The molecule has 1 unspecified atom stereocenters. The van der Waals surface area contributed by atoms with Gasteiger partial charge in [-0.2, -0.15) is 0 Å². The Hall–Kier alpha value is 0.380. The van der Waals surface area contributed by atoms with Crippen molar-refractivity contribution in [3.8, 4) is 0 Å². The van der Waals surface area contributed by atoms with E-state index in [1.54, 1.807) is 6.92 Å². The highest BCUT2D eigenvalue weighted by Crippen LogP contribution is 2.05. The van der Waals surface area contributed by atoms with E-state index in [1.807, 2.05) is 0 Å². The van der Waals surface area contributed by atoms with Crippen molar-refractivity contribution in [3.63, 3.8) is 0 Å². The summed E-state index contributed by atoms with van der Waals surface area (Å²) >= 11 is 3.18. The molecular weight excluding hydrogens is 292 g/mol. The van der Waals surface area contributed by atoms with E-state index in [-0.39, 0.29) is 23.2 Å². The van der Waals surface area contributed by atoms with Gasteiger partial charge in [-0.3, -0.25) is 0 Å². The van der Waals surface area contributed by atoms with E-state index >= 15 is 0 Å². The van der Waals surface area contributed by atoms with Crippen molar-refractivity contribution >= 4 is 35.6 Å². The Balaban J connectivity index is 4.24. The van der Waals surface area contributed by atoms with Gasteiger partial charge >= 0.3 is 0 Å². The molecule has 0 N–H and O–H groups in total. The maximum absolute atomic E-state index is 11.4. The second-order valence-electron chi connectivity index (χ2n) is 3.50. The molecule has 0 bridgehead atoms. The van der Waals surface area contributed by atoms with Crippen LogP contribution in [0.1, 0.15) is 6.92 Å². The van der Waals surface area contributed by atoms with Gasteiger partial charge in [-0.25, -0.2) is 16.8 Å². The van der Waals surface area contributed by atoms with Crippen LogP contribution < -0.4 is 0 Å². The van der Waals surface area contributed by atoms with Gasteiger partial charge in [-0.1, -0.05) is 22.9 Å². The van der Waals surface area contributed by atoms with Gasteiger partial charge in [0.2, 0.25) is 0 Å². The molecule has 0 fully saturated rings. The van der Waals surface area contributed by atoms with Crippen LogP contribution in [-0.2, 0) is 19.7 Å². The molecule has 0 heterocycles. The zero-order chi connectivity index (χ0) is 11.4. The van der Waals surface area contributed by atoms with Crippen LogP contribution in [0, 0.1) is 5.92 Å². The largest absolute Gasteiger partial charge is 0.229 e. The Kier molecular flexibility index (Phi) is 5.61. The van der Waals surface area contributed by atoms with Gasteiger partial charge < -0.3 is 0 Å². The highest BCUT2D eigenvalue weighted by atomic mass is 79.9. The summed E-state index contributed by atoms with van der Waals surface area (Å²) in [5.74, 6) is -0.513. The van der Waals surface area contributed by atoms with Gasteiger partial charge in [0.25, 0.3) is 0 Å². The zero-order valence-corrected chi connectivity index (χ0v) is 11.5. The number of rotatable bonds is 6. The molecule has 0 spiro atoms. The van der Waals surface area contributed by atoms with Crippen LogP contribution in [0.25, 0.3) is 0 Å². The van der Waals surface area contributed by atoms with E-state index in [0.29, 0.717) is 5.33 Å². The monoisotopic (exact) mass is 306 g/mol. The lowest BCUT2D eigenvalue weighted by atomic mass is 10.3. The number of alkyl halides is 1. The standard InChI is InChI=1S/C7H15BrO4S2/c1-7(5-8)6-14(11,12)4-3-13(2,9)10/h7H,3-6H2,1-2H3. The molecule has 0 rings (SSSR count). The van der Waals surface area contributed by atoms with Crippen molar-refractivity contribution in [2.75, 3.05) is 28.8 Å². The average Bonchev–Trinajstić information content (AvgIpc) is 1.99. The fraction of sp³-hybridized carbons (Fsp3) is 1.00. The molecule has 4 nitrogen and oxygen atoms in total. The van der Waals surface area contributed by atoms with Crippen LogP contribution in [0.3, 0.4) is 0 Å². The third-order valence-corrected chi connectivity index (χ3v) is 5.78. The van der Waals surface area contributed by atoms with Crippen molar-refractivity contribution in [3.05, 3.63) is 0 Å². The number of halogens is 1. The summed E-state index contributed by atoms with van der Waals surface area (Å²) in [5, 5.41) is 0.602. The summed E-state index contributed by atoms with van der Waals surface area (Å²) in [5.41, 5.74) is 0. The molecule has 0 aliphatic rings. The van der Waals surface area contributed by atoms with E-state index in [4.69, 9.17) is 0 Å². The number of sulfone groups is 2. The third-order valence-electron chi connectivity index (χ3n) is 1.57. The van der Waals surface area contributed by atoms with Crippen molar-refractivity contribution in [1.29, 1.82) is 0 Å². The first-order chi connectivity index (χ1) is 6.16. The van der Waals surface area contributed by atoms with Crippen LogP contribution in [0.5, 0.6) is 0 Å². The topological polar surface area (TPSA) is 68.3 Å². The zero-order valence-electron chi connectivity index (χ0n) is 8.23. The Morgan fingerprint density at radius 3 is 2.00 bits per heavy atom. The first kappa shape index (κ1) is 14.4. The molecule has 7 heteroatoms. The summed E-state index contributed by atoms with van der Waals surface area (Å²) in [6, 6.07) is 0. The normalized spacial score (nSPS) is 15.4. The Morgan fingerprint density at radius 2 is 1.64 bits per heavy atom. The van der Waals surface area contributed by atoms with E-state index in [1.165, 1.54) is 0 Å². The first-order valence-electron chi connectivity index (χ1n) is 4.10. The highest BCUT2D eigenvalue weighted by Gasteiger charge is 2.17. The minimum absolute atomic E-state index is 0.0135. The molecule has 0 aromatic rings. The van der Waals surface area contributed by atoms with E-state index < -0.39 is 19.7 Å². The van der Waals surface area contributed by atoms with Crippen LogP contribution in [0.2, 0.25) is 0 Å². The summed E-state index contributed by atoms with van der Waals surface area (Å²) < 4.78 is 44.2. The SMILES string of the molecule is CC(CBr)CS(=O)(=O)CCS(C)(=O)=O. The van der Waals surface area contributed by atoms with E-state index in [9.17, 15) is 16.8 Å². The van der Waals surface area contributed by atoms with Crippen molar-refractivity contribution < 1.29 is 16.8 Å². The Bertz CT molecular complexity index is 357. The number of hydrogen-bond donors (Lipinski definition) is 0. The summed E-state index contributed by atoms with van der Waals surface area (Å²) in [4.78, 5) is 0. The van der Waals surface area contributed by atoms with Gasteiger partial charge in [-0.05, 0) is 5.92 Å². The smallest absolute Gasteiger partial charge is 0.151 e. The molecule has 0 saturated carbocycles. The van der Waals surface area contributed by atoms with Crippen molar-refractivity contribution in [2.24, 2.45) is 5.92 Å². The fourth-order valence-corrected chi connectivity index (χ4v) is 4.75. The molecule has 0 saturated heterocycles. The lowest BCUT2D eigenvalue weighted by molar-refractivity contribution is 0.581. The van der Waals surface area contributed by atoms with Gasteiger partial charge in [-0.15, -0.1) is 0 Å². The van der Waals surface area contributed by atoms with Gasteiger partial charge in [0.1, 0.15) is 9.84 Å².